The van der Waals surface area contributed by atoms with Gasteiger partial charge in [0.15, 0.2) is 0 Å². The van der Waals surface area contributed by atoms with Crippen molar-refractivity contribution in [3.8, 4) is 0 Å². The van der Waals surface area contributed by atoms with Crippen LogP contribution < -0.4 is 6.15 Å². The molecule has 0 atom stereocenters. The van der Waals surface area contributed by atoms with Crippen LogP contribution in [0.15, 0.2) is 38.0 Å². The fourth-order valence-corrected chi connectivity index (χ4v) is 1.68. The summed E-state index contributed by atoms with van der Waals surface area (Å²) in [6, 6.07) is 0. The molecule has 0 saturated carbocycles. The second-order valence-electron chi connectivity index (χ2n) is 2.75. The van der Waals surface area contributed by atoms with Crippen LogP contribution in [-0.2, 0) is 18.8 Å². The molecule has 0 aliphatic heterocycles. The first-order valence-corrected chi connectivity index (χ1v) is 5.79. The van der Waals surface area contributed by atoms with Crippen molar-refractivity contribution in [2.24, 2.45) is 0 Å². The molecule has 0 aromatic heterocycles. The lowest BCUT2D eigenvalue weighted by Gasteiger charge is -2.13. The van der Waals surface area contributed by atoms with Gasteiger partial charge >= 0.3 is 10.4 Å². The predicted molar refractivity (Wildman–Crippen MR) is 64.6 cm³/mol. The Morgan fingerprint density at radius 2 is 1.56 bits per heavy atom. The molecule has 5 nitrogen and oxygen atoms in total. The molecule has 0 amide bonds. The normalized spacial score (nSPS) is 10.6. The first-order valence-electron chi connectivity index (χ1n) is 4.46. The molecule has 0 heterocycles. The lowest BCUT2D eigenvalue weighted by atomic mass is 10.2. The quantitative estimate of drug-likeness (QED) is 0.632. The van der Waals surface area contributed by atoms with Crippen LogP contribution in [0, 0.1) is 0 Å². The summed E-state index contributed by atoms with van der Waals surface area (Å²) >= 11 is 0. The van der Waals surface area contributed by atoms with Gasteiger partial charge in [0.2, 0.25) is 0 Å². The molecule has 0 aliphatic carbocycles. The van der Waals surface area contributed by atoms with E-state index in [1.807, 2.05) is 0 Å². The molecule has 16 heavy (non-hydrogen) atoms. The molecule has 0 aromatic carbocycles. The van der Waals surface area contributed by atoms with E-state index in [2.05, 4.69) is 23.9 Å². The molecule has 0 aromatic rings. The third kappa shape index (κ3) is 8.37. The van der Waals surface area contributed by atoms with Gasteiger partial charge in [0.25, 0.3) is 0 Å². The van der Waals surface area contributed by atoms with E-state index >= 15 is 0 Å². The van der Waals surface area contributed by atoms with E-state index in [1.54, 1.807) is 12.2 Å². The fourth-order valence-electron chi connectivity index (χ4n) is 0.872. The van der Waals surface area contributed by atoms with Crippen molar-refractivity contribution in [2.45, 2.75) is 18.9 Å². The smallest absolute Gasteiger partial charge is 0.344 e. The Labute approximate surface area is 97.4 Å². The monoisotopic (exact) mass is 249 g/mol. The Bertz CT molecular complexity index is 301. The van der Waals surface area contributed by atoms with Crippen LogP contribution in [0.3, 0.4) is 0 Å². The molecular weight excluding hydrogens is 230 g/mol. The van der Waals surface area contributed by atoms with E-state index in [0.29, 0.717) is 12.8 Å². The van der Waals surface area contributed by atoms with Crippen molar-refractivity contribution in [3.05, 3.63) is 38.0 Å². The van der Waals surface area contributed by atoms with Crippen LogP contribution in [0.5, 0.6) is 0 Å². The summed E-state index contributed by atoms with van der Waals surface area (Å²) in [6.45, 7) is 10.3. The first kappa shape index (κ1) is 17.4. The highest BCUT2D eigenvalue weighted by atomic mass is 32.3. The van der Waals surface area contributed by atoms with E-state index in [4.69, 9.17) is 4.18 Å². The number of rotatable bonds is 9. The maximum Gasteiger partial charge on any atom is 0.400 e. The van der Waals surface area contributed by atoms with Crippen molar-refractivity contribution in [2.75, 3.05) is 6.61 Å². The van der Waals surface area contributed by atoms with E-state index in [9.17, 15) is 8.42 Å². The third-order valence-corrected chi connectivity index (χ3v) is 2.38. The highest BCUT2D eigenvalue weighted by Gasteiger charge is 2.17. The maximum absolute atomic E-state index is 11.2. The summed E-state index contributed by atoms with van der Waals surface area (Å²) in [6.07, 6.45) is 4.83. The van der Waals surface area contributed by atoms with Gasteiger partial charge in [0.1, 0.15) is 0 Å². The highest BCUT2D eigenvalue weighted by Crippen LogP contribution is 2.10. The van der Waals surface area contributed by atoms with Gasteiger partial charge < -0.3 is 6.15 Å². The van der Waals surface area contributed by atoms with Gasteiger partial charge in [-0.05, 0) is 12.8 Å². The summed E-state index contributed by atoms with van der Waals surface area (Å²) in [4.78, 5) is 0. The second kappa shape index (κ2) is 9.29. The van der Waals surface area contributed by atoms with Crippen LogP contribution in [0.1, 0.15) is 12.8 Å². The van der Waals surface area contributed by atoms with E-state index in [-0.39, 0.29) is 12.8 Å². The minimum atomic E-state index is -3.95. The number of hydrogen-bond donors (Lipinski definition) is 1. The standard InChI is InChI=1S/C10H16O4S.H3N/c1-4-7-10(8-5-2)14-15(11,12)13-9-6-3;/h4-6,10H,1-3,7-9H2;1H3. The van der Waals surface area contributed by atoms with E-state index < -0.39 is 16.5 Å². The van der Waals surface area contributed by atoms with Gasteiger partial charge in [-0.3, -0.25) is 0 Å². The van der Waals surface area contributed by atoms with Gasteiger partial charge in [-0.25, -0.2) is 8.37 Å². The highest BCUT2D eigenvalue weighted by molar-refractivity contribution is 7.81. The topological polar surface area (TPSA) is 87.6 Å². The van der Waals surface area contributed by atoms with Crippen molar-refractivity contribution in [1.82, 2.24) is 6.15 Å². The summed E-state index contributed by atoms with van der Waals surface area (Å²) in [5.41, 5.74) is 0. The summed E-state index contributed by atoms with van der Waals surface area (Å²) in [7, 11) is -3.95. The van der Waals surface area contributed by atoms with Crippen LogP contribution >= 0.6 is 0 Å². The molecule has 0 rings (SSSR count). The average molecular weight is 249 g/mol. The minimum Gasteiger partial charge on any atom is -0.344 e. The minimum absolute atomic E-state index is 0. The van der Waals surface area contributed by atoms with Gasteiger partial charge in [-0.1, -0.05) is 18.2 Å². The first-order chi connectivity index (χ1) is 7.05. The third-order valence-electron chi connectivity index (χ3n) is 1.44. The van der Waals surface area contributed by atoms with Gasteiger partial charge in [0.05, 0.1) is 12.7 Å². The van der Waals surface area contributed by atoms with Crippen LogP contribution in [0.4, 0.5) is 0 Å². The lowest BCUT2D eigenvalue weighted by Crippen LogP contribution is -2.19. The van der Waals surface area contributed by atoms with Gasteiger partial charge in [0, 0.05) is 0 Å². The Hall–Kier alpha value is -0.950. The van der Waals surface area contributed by atoms with Gasteiger partial charge in [-0.15, -0.1) is 19.7 Å². The fraction of sp³-hybridized carbons (Fsp3) is 0.400. The van der Waals surface area contributed by atoms with Crippen LogP contribution in [0.2, 0.25) is 0 Å². The Balaban J connectivity index is 0. The zero-order valence-corrected chi connectivity index (χ0v) is 10.1. The zero-order chi connectivity index (χ0) is 11.7. The predicted octanol–water partition coefficient (Wildman–Crippen LogP) is 2.13. The van der Waals surface area contributed by atoms with Crippen molar-refractivity contribution in [3.63, 3.8) is 0 Å². The molecule has 0 spiro atoms. The molecule has 94 valence electrons. The lowest BCUT2D eigenvalue weighted by molar-refractivity contribution is 0.167. The van der Waals surface area contributed by atoms with Crippen molar-refractivity contribution in [1.29, 1.82) is 0 Å². The maximum atomic E-state index is 11.2. The Kier molecular flexibility index (Phi) is 10.1. The second-order valence-corrected chi connectivity index (χ2v) is 3.99. The van der Waals surface area contributed by atoms with E-state index in [0.717, 1.165) is 0 Å². The summed E-state index contributed by atoms with van der Waals surface area (Å²) in [5.74, 6) is 0. The molecule has 6 heteroatoms. The molecule has 0 saturated heterocycles. The Morgan fingerprint density at radius 3 is 1.94 bits per heavy atom. The molecule has 3 N–H and O–H groups in total. The van der Waals surface area contributed by atoms with Crippen LogP contribution in [0.25, 0.3) is 0 Å². The van der Waals surface area contributed by atoms with Crippen molar-refractivity contribution < 1.29 is 16.8 Å². The molecule has 0 bridgehead atoms. The largest absolute Gasteiger partial charge is 0.400 e. The van der Waals surface area contributed by atoms with Crippen LogP contribution in [-0.4, -0.2) is 21.1 Å². The SMILES string of the molecule is C=CCOS(=O)(=O)OC(CC=C)CC=C.N. The molecule has 0 fully saturated rings. The number of hydrogen-bond acceptors (Lipinski definition) is 5. The zero-order valence-electron chi connectivity index (χ0n) is 9.30. The molecule has 0 unspecified atom stereocenters. The van der Waals surface area contributed by atoms with E-state index in [1.165, 1.54) is 6.08 Å². The average Bonchev–Trinajstić information content (AvgIpc) is 2.15. The van der Waals surface area contributed by atoms with Crippen molar-refractivity contribution >= 4 is 10.4 Å². The molecule has 0 aliphatic rings. The molecular formula is C10H19NO4S. The summed E-state index contributed by atoms with van der Waals surface area (Å²) in [5, 5.41) is 0. The summed E-state index contributed by atoms with van der Waals surface area (Å²) < 4.78 is 31.6. The Morgan fingerprint density at radius 1 is 1.06 bits per heavy atom. The van der Waals surface area contributed by atoms with Gasteiger partial charge in [-0.2, -0.15) is 8.42 Å². The molecule has 0 radical (unpaired) electrons.